The Balaban J connectivity index is 1.86. The molecule has 1 N–H and O–H groups in total. The minimum atomic E-state index is -0.629. The highest BCUT2D eigenvalue weighted by atomic mass is 16.6. The Morgan fingerprint density at radius 3 is 2.45 bits per heavy atom. The first-order chi connectivity index (χ1) is 9.65. The molecule has 2 aromatic rings. The third-order valence-electron chi connectivity index (χ3n) is 2.44. The van der Waals surface area contributed by atoms with E-state index < -0.39 is 11.0 Å². The van der Waals surface area contributed by atoms with Crippen molar-refractivity contribution in [2.45, 2.75) is 6.61 Å². The third-order valence-corrected chi connectivity index (χ3v) is 2.44. The number of hydrogen-bond donors (Lipinski definition) is 1. The predicted octanol–water partition coefficient (Wildman–Crippen LogP) is 2.74. The van der Waals surface area contributed by atoms with Gasteiger partial charge >= 0.3 is 6.09 Å². The number of pyridine rings is 1. The van der Waals surface area contributed by atoms with Crippen LogP contribution in [0.3, 0.4) is 0 Å². The standard InChI is InChI=1S/C13H11N3O4/c17-13(20-9-10-5-7-14-8-6-10)15-11-1-3-12(4-2-11)16(18)19/h1-8H,9H2,(H,15,17). The molecule has 0 spiro atoms. The fraction of sp³-hybridized carbons (Fsp3) is 0.0769. The average Bonchev–Trinajstić information content (AvgIpc) is 2.47. The summed E-state index contributed by atoms with van der Waals surface area (Å²) in [6.45, 7) is 0.126. The Bertz CT molecular complexity index is 599. The lowest BCUT2D eigenvalue weighted by atomic mass is 10.3. The summed E-state index contributed by atoms with van der Waals surface area (Å²) in [6.07, 6.45) is 2.58. The molecular weight excluding hydrogens is 262 g/mol. The lowest BCUT2D eigenvalue weighted by Crippen LogP contribution is -2.13. The van der Waals surface area contributed by atoms with Crippen LogP contribution in [0.5, 0.6) is 0 Å². The van der Waals surface area contributed by atoms with Gasteiger partial charge in [0.25, 0.3) is 5.69 Å². The number of non-ortho nitro benzene ring substituents is 1. The Kier molecular flexibility index (Phi) is 4.23. The maximum Gasteiger partial charge on any atom is 0.411 e. The topological polar surface area (TPSA) is 94.4 Å². The summed E-state index contributed by atoms with van der Waals surface area (Å²) in [5.74, 6) is 0. The first-order valence-electron chi connectivity index (χ1n) is 5.72. The summed E-state index contributed by atoms with van der Waals surface area (Å²) in [5.41, 5.74) is 1.20. The fourth-order valence-electron chi connectivity index (χ4n) is 1.45. The van der Waals surface area contributed by atoms with Gasteiger partial charge in [-0.3, -0.25) is 20.4 Å². The lowest BCUT2D eigenvalue weighted by Gasteiger charge is -2.06. The number of nitro benzene ring substituents is 1. The number of nitrogens with one attached hydrogen (secondary N) is 1. The summed E-state index contributed by atoms with van der Waals surface area (Å²) in [5, 5.41) is 13.0. The zero-order chi connectivity index (χ0) is 14.4. The van der Waals surface area contributed by atoms with Crippen molar-refractivity contribution >= 4 is 17.5 Å². The molecule has 1 aromatic carbocycles. The molecule has 20 heavy (non-hydrogen) atoms. The molecule has 1 aromatic heterocycles. The first kappa shape index (κ1) is 13.5. The number of carbonyl (C=O) groups is 1. The molecule has 0 saturated carbocycles. The van der Waals surface area contributed by atoms with E-state index in [-0.39, 0.29) is 12.3 Å². The second-order valence-corrected chi connectivity index (χ2v) is 3.86. The molecule has 2 rings (SSSR count). The second-order valence-electron chi connectivity index (χ2n) is 3.86. The Morgan fingerprint density at radius 2 is 1.85 bits per heavy atom. The molecule has 0 aliphatic heterocycles. The molecule has 1 heterocycles. The zero-order valence-electron chi connectivity index (χ0n) is 10.4. The van der Waals surface area contributed by atoms with E-state index in [0.717, 1.165) is 5.56 Å². The maximum atomic E-state index is 11.5. The summed E-state index contributed by atoms with van der Waals surface area (Å²) >= 11 is 0. The Morgan fingerprint density at radius 1 is 1.20 bits per heavy atom. The minimum absolute atomic E-state index is 0.0410. The molecule has 1 amide bonds. The van der Waals surface area contributed by atoms with Gasteiger partial charge < -0.3 is 4.74 Å². The van der Waals surface area contributed by atoms with E-state index in [1.165, 1.54) is 24.3 Å². The number of rotatable bonds is 4. The number of ether oxygens (including phenoxy) is 1. The quantitative estimate of drug-likeness (QED) is 0.682. The second kappa shape index (κ2) is 6.28. The molecule has 7 nitrogen and oxygen atoms in total. The van der Waals surface area contributed by atoms with E-state index in [1.54, 1.807) is 24.5 Å². The lowest BCUT2D eigenvalue weighted by molar-refractivity contribution is -0.384. The van der Waals surface area contributed by atoms with Crippen LogP contribution in [0, 0.1) is 10.1 Å². The van der Waals surface area contributed by atoms with Crippen LogP contribution >= 0.6 is 0 Å². The number of aromatic nitrogens is 1. The number of nitrogens with zero attached hydrogens (tertiary/aromatic N) is 2. The van der Waals surface area contributed by atoms with E-state index >= 15 is 0 Å². The normalized spacial score (nSPS) is 9.80. The van der Waals surface area contributed by atoms with Crippen LogP contribution in [0.15, 0.2) is 48.8 Å². The molecule has 0 bridgehead atoms. The van der Waals surface area contributed by atoms with E-state index in [9.17, 15) is 14.9 Å². The molecule has 0 aliphatic rings. The van der Waals surface area contributed by atoms with E-state index in [0.29, 0.717) is 5.69 Å². The highest BCUT2D eigenvalue weighted by Gasteiger charge is 2.07. The molecule has 0 unspecified atom stereocenters. The van der Waals surface area contributed by atoms with Crippen molar-refractivity contribution in [2.24, 2.45) is 0 Å². The van der Waals surface area contributed by atoms with Crippen LogP contribution in [0.4, 0.5) is 16.2 Å². The molecule has 0 fully saturated rings. The van der Waals surface area contributed by atoms with Crippen LogP contribution in [0.2, 0.25) is 0 Å². The smallest absolute Gasteiger partial charge is 0.411 e. The summed E-state index contributed by atoms with van der Waals surface area (Å²) in [4.78, 5) is 25.3. The average molecular weight is 273 g/mol. The van der Waals surface area contributed by atoms with Crippen molar-refractivity contribution in [1.29, 1.82) is 0 Å². The molecule has 0 atom stereocenters. The highest BCUT2D eigenvalue weighted by Crippen LogP contribution is 2.15. The van der Waals surface area contributed by atoms with Crippen LogP contribution in [0.25, 0.3) is 0 Å². The van der Waals surface area contributed by atoms with Gasteiger partial charge in [0.05, 0.1) is 4.92 Å². The number of benzene rings is 1. The number of hydrogen-bond acceptors (Lipinski definition) is 5. The van der Waals surface area contributed by atoms with Crippen molar-refractivity contribution < 1.29 is 14.5 Å². The van der Waals surface area contributed by atoms with Crippen LogP contribution in [-0.4, -0.2) is 16.0 Å². The Labute approximate surface area is 114 Å². The van der Waals surface area contributed by atoms with Gasteiger partial charge in [0, 0.05) is 30.2 Å². The molecule has 7 heteroatoms. The molecule has 102 valence electrons. The first-order valence-corrected chi connectivity index (χ1v) is 5.72. The van der Waals surface area contributed by atoms with Gasteiger partial charge in [0.1, 0.15) is 6.61 Å². The third kappa shape index (κ3) is 3.77. The van der Waals surface area contributed by atoms with Crippen LogP contribution in [-0.2, 0) is 11.3 Å². The van der Waals surface area contributed by atoms with Gasteiger partial charge in [0.2, 0.25) is 0 Å². The van der Waals surface area contributed by atoms with Crippen LogP contribution in [0.1, 0.15) is 5.56 Å². The largest absolute Gasteiger partial charge is 0.444 e. The number of carbonyl (C=O) groups excluding carboxylic acids is 1. The van der Waals surface area contributed by atoms with Crippen molar-refractivity contribution in [3.8, 4) is 0 Å². The van der Waals surface area contributed by atoms with Crippen molar-refractivity contribution in [1.82, 2.24) is 4.98 Å². The predicted molar refractivity (Wildman–Crippen MR) is 71.1 cm³/mol. The van der Waals surface area contributed by atoms with E-state index in [1.807, 2.05) is 0 Å². The molecular formula is C13H11N3O4. The Hall–Kier alpha value is -2.96. The highest BCUT2D eigenvalue weighted by molar-refractivity contribution is 5.84. The molecule has 0 saturated heterocycles. The summed E-state index contributed by atoms with van der Waals surface area (Å²) in [7, 11) is 0. The van der Waals surface area contributed by atoms with Gasteiger partial charge in [-0.1, -0.05) is 0 Å². The van der Waals surface area contributed by atoms with Gasteiger partial charge in [0.15, 0.2) is 0 Å². The van der Waals surface area contributed by atoms with E-state index in [2.05, 4.69) is 10.3 Å². The van der Waals surface area contributed by atoms with Crippen molar-refractivity contribution in [3.05, 3.63) is 64.5 Å². The number of amides is 1. The monoisotopic (exact) mass is 273 g/mol. The van der Waals surface area contributed by atoms with Crippen LogP contribution < -0.4 is 5.32 Å². The van der Waals surface area contributed by atoms with Crippen molar-refractivity contribution in [3.63, 3.8) is 0 Å². The minimum Gasteiger partial charge on any atom is -0.444 e. The van der Waals surface area contributed by atoms with Crippen molar-refractivity contribution in [2.75, 3.05) is 5.32 Å². The van der Waals surface area contributed by atoms with Gasteiger partial charge in [-0.15, -0.1) is 0 Å². The SMILES string of the molecule is O=C(Nc1ccc([N+](=O)[O-])cc1)OCc1ccncc1. The van der Waals surface area contributed by atoms with Gasteiger partial charge in [-0.05, 0) is 29.8 Å². The molecule has 0 aliphatic carbocycles. The molecule has 0 radical (unpaired) electrons. The number of nitro groups is 1. The van der Waals surface area contributed by atoms with Gasteiger partial charge in [-0.2, -0.15) is 0 Å². The van der Waals surface area contributed by atoms with E-state index in [4.69, 9.17) is 4.74 Å². The summed E-state index contributed by atoms with van der Waals surface area (Å²) < 4.78 is 5.00. The number of anilines is 1. The van der Waals surface area contributed by atoms with Gasteiger partial charge in [-0.25, -0.2) is 4.79 Å². The fourth-order valence-corrected chi connectivity index (χ4v) is 1.45. The zero-order valence-corrected chi connectivity index (χ0v) is 10.4. The maximum absolute atomic E-state index is 11.5. The summed E-state index contributed by atoms with van der Waals surface area (Å²) in [6, 6.07) is 8.95.